The summed E-state index contributed by atoms with van der Waals surface area (Å²) in [6.45, 7) is 1.63. The summed E-state index contributed by atoms with van der Waals surface area (Å²) < 4.78 is 0. The largest absolute Gasteiger partial charge is 0.412 e. The molecule has 0 saturated carbocycles. The minimum atomic E-state index is -0.449. The lowest BCUT2D eigenvalue weighted by atomic mass is 10.2. The first-order chi connectivity index (χ1) is 5.65. The van der Waals surface area contributed by atoms with E-state index in [1.807, 2.05) is 0 Å². The monoisotopic (exact) mass is 168 g/mol. The Hall–Kier alpha value is -1.62. The van der Waals surface area contributed by atoms with Gasteiger partial charge in [-0.15, -0.1) is 0 Å². The van der Waals surface area contributed by atoms with Crippen molar-refractivity contribution in [1.29, 1.82) is 0 Å². The van der Waals surface area contributed by atoms with Crippen LogP contribution in [-0.4, -0.2) is 4.92 Å². The lowest BCUT2D eigenvalue weighted by Gasteiger charge is -1.99. The van der Waals surface area contributed by atoms with Gasteiger partial charge in [0.2, 0.25) is 0 Å². The maximum absolute atomic E-state index is 10.4. The van der Waals surface area contributed by atoms with Gasteiger partial charge in [-0.1, -0.05) is 0 Å². The van der Waals surface area contributed by atoms with Crippen LogP contribution in [0.2, 0.25) is 0 Å². The third-order valence-corrected chi connectivity index (χ3v) is 1.50. The van der Waals surface area contributed by atoms with Crippen molar-refractivity contribution in [3.05, 3.63) is 33.9 Å². The maximum atomic E-state index is 10.4. The van der Waals surface area contributed by atoms with Gasteiger partial charge < -0.3 is 4.84 Å². The van der Waals surface area contributed by atoms with Gasteiger partial charge in [0.15, 0.2) is 0 Å². The molecule has 0 atom stereocenters. The van der Waals surface area contributed by atoms with Crippen molar-refractivity contribution in [3.63, 3.8) is 0 Å². The number of nitrogens with zero attached hydrogens (tertiary/aromatic N) is 1. The van der Waals surface area contributed by atoms with Crippen molar-refractivity contribution >= 4 is 5.69 Å². The molecule has 0 spiro atoms. The quantitative estimate of drug-likeness (QED) is 0.530. The van der Waals surface area contributed by atoms with E-state index in [-0.39, 0.29) is 5.69 Å². The van der Waals surface area contributed by atoms with Crippen molar-refractivity contribution in [2.45, 2.75) is 6.92 Å². The number of hydrogen-bond donors (Lipinski definition) is 1. The van der Waals surface area contributed by atoms with E-state index in [2.05, 4.69) is 4.84 Å². The molecule has 2 N–H and O–H groups in total. The van der Waals surface area contributed by atoms with Gasteiger partial charge in [-0.2, -0.15) is 5.90 Å². The van der Waals surface area contributed by atoms with Crippen molar-refractivity contribution in [2.24, 2.45) is 5.90 Å². The fourth-order valence-electron chi connectivity index (χ4n) is 0.906. The van der Waals surface area contributed by atoms with Gasteiger partial charge in [-0.3, -0.25) is 10.1 Å². The van der Waals surface area contributed by atoms with Crippen LogP contribution in [0.25, 0.3) is 0 Å². The van der Waals surface area contributed by atoms with Crippen LogP contribution in [0.5, 0.6) is 5.75 Å². The van der Waals surface area contributed by atoms with E-state index < -0.39 is 4.92 Å². The number of hydrogen-bond acceptors (Lipinski definition) is 4. The topological polar surface area (TPSA) is 78.4 Å². The first-order valence-electron chi connectivity index (χ1n) is 3.27. The Morgan fingerprint density at radius 2 is 2.25 bits per heavy atom. The van der Waals surface area contributed by atoms with Crippen molar-refractivity contribution in [2.75, 3.05) is 0 Å². The summed E-state index contributed by atoms with van der Waals surface area (Å²) in [5.74, 6) is 5.29. The van der Waals surface area contributed by atoms with E-state index in [4.69, 9.17) is 5.90 Å². The average Bonchev–Trinajstić information content (AvgIpc) is 2.03. The fourth-order valence-corrected chi connectivity index (χ4v) is 0.906. The van der Waals surface area contributed by atoms with E-state index >= 15 is 0 Å². The first kappa shape index (κ1) is 8.48. The van der Waals surface area contributed by atoms with Crippen LogP contribution in [0.4, 0.5) is 5.69 Å². The summed E-state index contributed by atoms with van der Waals surface area (Å²) in [4.78, 5) is 14.3. The molecular formula is C7H8N2O3. The number of nitro groups is 1. The number of benzene rings is 1. The van der Waals surface area contributed by atoms with Gasteiger partial charge in [0, 0.05) is 11.6 Å². The van der Waals surface area contributed by atoms with Crippen LogP contribution in [0.15, 0.2) is 18.2 Å². The molecule has 0 aromatic heterocycles. The predicted octanol–water partition coefficient (Wildman–Crippen LogP) is 1.16. The minimum absolute atomic E-state index is 0.0656. The SMILES string of the molecule is Cc1cc(ON)ccc1[N+](=O)[O-]. The van der Waals surface area contributed by atoms with Crippen LogP contribution in [0, 0.1) is 17.0 Å². The van der Waals surface area contributed by atoms with E-state index in [1.165, 1.54) is 18.2 Å². The standard InChI is InChI=1S/C7H8N2O3/c1-5-4-6(12-8)2-3-7(5)9(10)11/h2-4H,8H2,1H3. The molecular weight excluding hydrogens is 160 g/mol. The first-order valence-corrected chi connectivity index (χ1v) is 3.27. The average molecular weight is 168 g/mol. The second-order valence-electron chi connectivity index (χ2n) is 2.32. The molecule has 0 bridgehead atoms. The van der Waals surface area contributed by atoms with Gasteiger partial charge in [-0.25, -0.2) is 0 Å². The van der Waals surface area contributed by atoms with Crippen LogP contribution < -0.4 is 10.7 Å². The predicted molar refractivity (Wildman–Crippen MR) is 42.6 cm³/mol. The second-order valence-corrected chi connectivity index (χ2v) is 2.32. The highest BCUT2D eigenvalue weighted by Crippen LogP contribution is 2.21. The fraction of sp³-hybridized carbons (Fsp3) is 0.143. The third kappa shape index (κ3) is 1.51. The Morgan fingerprint density at radius 1 is 1.58 bits per heavy atom. The summed E-state index contributed by atoms with van der Waals surface area (Å²) >= 11 is 0. The van der Waals surface area contributed by atoms with E-state index in [0.717, 1.165) is 0 Å². The van der Waals surface area contributed by atoms with Crippen molar-refractivity contribution in [1.82, 2.24) is 0 Å². The molecule has 5 nitrogen and oxygen atoms in total. The van der Waals surface area contributed by atoms with Gasteiger partial charge in [0.1, 0.15) is 5.75 Å². The number of aryl methyl sites for hydroxylation is 1. The lowest BCUT2D eigenvalue weighted by molar-refractivity contribution is -0.385. The summed E-state index contributed by atoms with van der Waals surface area (Å²) in [6.07, 6.45) is 0. The van der Waals surface area contributed by atoms with Gasteiger partial charge in [0.05, 0.1) is 4.92 Å². The number of rotatable bonds is 2. The van der Waals surface area contributed by atoms with Crippen LogP contribution in [0.1, 0.15) is 5.56 Å². The molecule has 0 aliphatic carbocycles. The molecule has 0 amide bonds. The zero-order valence-electron chi connectivity index (χ0n) is 6.48. The van der Waals surface area contributed by atoms with E-state index in [0.29, 0.717) is 11.3 Å². The molecule has 0 aliphatic heterocycles. The zero-order valence-corrected chi connectivity index (χ0v) is 6.48. The smallest absolute Gasteiger partial charge is 0.272 e. The maximum Gasteiger partial charge on any atom is 0.272 e. The molecule has 0 unspecified atom stereocenters. The highest BCUT2D eigenvalue weighted by molar-refractivity contribution is 5.44. The van der Waals surface area contributed by atoms with Gasteiger partial charge in [-0.05, 0) is 19.1 Å². The molecule has 0 saturated heterocycles. The van der Waals surface area contributed by atoms with E-state index in [9.17, 15) is 10.1 Å². The minimum Gasteiger partial charge on any atom is -0.412 e. The summed E-state index contributed by atoms with van der Waals surface area (Å²) in [6, 6.07) is 4.32. The molecule has 1 aromatic rings. The van der Waals surface area contributed by atoms with Crippen molar-refractivity contribution in [3.8, 4) is 5.75 Å². The number of nitrogens with two attached hydrogens (primary N) is 1. The molecule has 0 heterocycles. The normalized spacial score (nSPS) is 9.50. The second kappa shape index (κ2) is 3.19. The lowest BCUT2D eigenvalue weighted by Crippen LogP contribution is -2.02. The zero-order chi connectivity index (χ0) is 9.14. The third-order valence-electron chi connectivity index (χ3n) is 1.50. The molecule has 1 aromatic carbocycles. The molecule has 5 heteroatoms. The highest BCUT2D eigenvalue weighted by Gasteiger charge is 2.09. The van der Waals surface area contributed by atoms with Crippen LogP contribution in [0.3, 0.4) is 0 Å². The molecule has 1 rings (SSSR count). The molecule has 12 heavy (non-hydrogen) atoms. The number of nitro benzene ring substituents is 1. The Kier molecular flexibility index (Phi) is 2.25. The molecule has 0 radical (unpaired) electrons. The Balaban J connectivity index is 3.12. The van der Waals surface area contributed by atoms with Crippen molar-refractivity contribution < 1.29 is 9.76 Å². The van der Waals surface area contributed by atoms with Gasteiger partial charge in [0.25, 0.3) is 5.69 Å². The van der Waals surface area contributed by atoms with Crippen LogP contribution >= 0.6 is 0 Å². The summed E-state index contributed by atoms with van der Waals surface area (Å²) in [5.41, 5.74) is 0.596. The summed E-state index contributed by atoms with van der Waals surface area (Å²) in [5, 5.41) is 10.4. The molecule has 0 aliphatic rings. The summed E-state index contributed by atoms with van der Waals surface area (Å²) in [7, 11) is 0. The van der Waals surface area contributed by atoms with Crippen LogP contribution in [-0.2, 0) is 0 Å². The Morgan fingerprint density at radius 3 is 2.67 bits per heavy atom. The molecule has 64 valence electrons. The highest BCUT2D eigenvalue weighted by atomic mass is 16.6. The Bertz CT molecular complexity index is 312. The van der Waals surface area contributed by atoms with Gasteiger partial charge >= 0.3 is 0 Å². The van der Waals surface area contributed by atoms with E-state index in [1.54, 1.807) is 6.92 Å². The Labute approximate surface area is 68.9 Å². The molecule has 0 fully saturated rings.